The van der Waals surface area contributed by atoms with Gasteiger partial charge in [0, 0.05) is 12.1 Å². The lowest BCUT2D eigenvalue weighted by Crippen LogP contribution is -2.37. The van der Waals surface area contributed by atoms with E-state index in [2.05, 4.69) is 26.6 Å². The van der Waals surface area contributed by atoms with Gasteiger partial charge >= 0.3 is 6.09 Å². The minimum Gasteiger partial charge on any atom is -0.489 e. The average Bonchev–Trinajstić information content (AvgIpc) is 2.47. The molecule has 2 N–H and O–H groups in total. The van der Waals surface area contributed by atoms with E-state index in [0.29, 0.717) is 22.3 Å². The summed E-state index contributed by atoms with van der Waals surface area (Å²) >= 11 is 3.26. The van der Waals surface area contributed by atoms with Gasteiger partial charge in [0.05, 0.1) is 11.0 Å². The Balaban J connectivity index is 2.68. The lowest BCUT2D eigenvalue weighted by molar-refractivity contribution is 0.0505. The van der Waals surface area contributed by atoms with E-state index in [0.717, 1.165) is 6.54 Å². The molecule has 0 radical (unpaired) electrons. The topological polar surface area (TPSA) is 59.6 Å². The number of halogens is 2. The summed E-state index contributed by atoms with van der Waals surface area (Å²) in [5.41, 5.74) is 0.163. The quantitative estimate of drug-likeness (QED) is 0.720. The summed E-state index contributed by atoms with van der Waals surface area (Å²) in [5.74, 6) is 0.234. The summed E-state index contributed by atoms with van der Waals surface area (Å²) < 4.78 is 25.1. The van der Waals surface area contributed by atoms with Crippen molar-refractivity contribution < 1.29 is 18.7 Å². The van der Waals surface area contributed by atoms with Gasteiger partial charge in [-0.2, -0.15) is 0 Å². The molecule has 0 bridgehead atoms. The number of hydrogen-bond donors (Lipinski definition) is 2. The maximum atomic E-state index is 13.7. The van der Waals surface area contributed by atoms with Gasteiger partial charge in [-0.15, -0.1) is 0 Å². The summed E-state index contributed by atoms with van der Waals surface area (Å²) in [6.07, 6.45) is -0.790. The van der Waals surface area contributed by atoms with Gasteiger partial charge in [0.15, 0.2) is 0 Å². The van der Waals surface area contributed by atoms with Crippen molar-refractivity contribution in [3.8, 4) is 5.75 Å². The van der Waals surface area contributed by atoms with Crippen LogP contribution in [0, 0.1) is 5.82 Å². The molecule has 0 aliphatic carbocycles. The standard InChI is InChI=1S/C17H26BrFN2O3/c1-6-20-10-12-14(8-7-13(19)15(12)18)23-11(2)9-21-16(22)24-17(3,4)5/h7-8,11,20H,6,9-10H2,1-5H3,(H,21,22). The van der Waals surface area contributed by atoms with E-state index in [9.17, 15) is 9.18 Å². The van der Waals surface area contributed by atoms with Crippen LogP contribution >= 0.6 is 15.9 Å². The SMILES string of the molecule is CCNCc1c(OC(C)CNC(=O)OC(C)(C)C)ccc(F)c1Br. The van der Waals surface area contributed by atoms with Crippen LogP contribution in [0.2, 0.25) is 0 Å². The number of benzene rings is 1. The van der Waals surface area contributed by atoms with E-state index >= 15 is 0 Å². The van der Waals surface area contributed by atoms with E-state index in [1.807, 2.05) is 13.8 Å². The summed E-state index contributed by atoms with van der Waals surface area (Å²) in [6.45, 7) is 10.7. The van der Waals surface area contributed by atoms with Crippen LogP contribution in [-0.4, -0.2) is 30.9 Å². The number of nitrogens with one attached hydrogen (secondary N) is 2. The van der Waals surface area contributed by atoms with E-state index in [1.54, 1.807) is 26.8 Å². The number of hydrogen-bond acceptors (Lipinski definition) is 4. The van der Waals surface area contributed by atoms with Crippen LogP contribution in [0.1, 0.15) is 40.2 Å². The van der Waals surface area contributed by atoms with E-state index in [1.165, 1.54) is 6.07 Å². The molecule has 0 aromatic heterocycles. The Morgan fingerprint density at radius 3 is 2.62 bits per heavy atom. The molecule has 1 atom stereocenters. The first-order valence-electron chi connectivity index (χ1n) is 7.95. The smallest absolute Gasteiger partial charge is 0.407 e. The zero-order chi connectivity index (χ0) is 18.3. The second-order valence-electron chi connectivity index (χ2n) is 6.43. The Morgan fingerprint density at radius 2 is 2.04 bits per heavy atom. The summed E-state index contributed by atoms with van der Waals surface area (Å²) in [4.78, 5) is 11.7. The van der Waals surface area contributed by atoms with Gasteiger partial charge in [-0.25, -0.2) is 9.18 Å². The van der Waals surface area contributed by atoms with Crippen LogP contribution < -0.4 is 15.4 Å². The molecule has 0 heterocycles. The Kier molecular flexibility index (Phi) is 7.96. The highest BCUT2D eigenvalue weighted by atomic mass is 79.9. The molecule has 1 aromatic rings. The minimum absolute atomic E-state index is 0.282. The molecule has 0 aliphatic heterocycles. The van der Waals surface area contributed by atoms with Gasteiger partial charge in [-0.05, 0) is 62.3 Å². The normalized spacial score (nSPS) is 12.6. The Morgan fingerprint density at radius 1 is 1.38 bits per heavy atom. The Hall–Kier alpha value is -1.34. The molecule has 7 heteroatoms. The van der Waals surface area contributed by atoms with Crippen LogP contribution in [0.4, 0.5) is 9.18 Å². The molecular formula is C17H26BrFN2O3. The van der Waals surface area contributed by atoms with Crippen molar-refractivity contribution in [3.63, 3.8) is 0 Å². The molecule has 0 spiro atoms. The molecule has 5 nitrogen and oxygen atoms in total. The molecule has 1 amide bonds. The second-order valence-corrected chi connectivity index (χ2v) is 7.22. The second kappa shape index (κ2) is 9.22. The van der Waals surface area contributed by atoms with E-state index < -0.39 is 11.7 Å². The van der Waals surface area contributed by atoms with Crippen molar-refractivity contribution in [3.05, 3.63) is 28.0 Å². The third kappa shape index (κ3) is 7.05. The molecule has 136 valence electrons. The Bertz CT molecular complexity index is 562. The summed E-state index contributed by atoms with van der Waals surface area (Å²) in [5, 5.41) is 5.82. The molecule has 1 aromatic carbocycles. The lowest BCUT2D eigenvalue weighted by Gasteiger charge is -2.22. The number of carbonyl (C=O) groups excluding carboxylic acids is 1. The van der Waals surface area contributed by atoms with Crippen LogP contribution in [0.3, 0.4) is 0 Å². The number of rotatable bonds is 7. The summed E-state index contributed by atoms with van der Waals surface area (Å²) in [6, 6.07) is 2.94. The van der Waals surface area contributed by atoms with Crippen molar-refractivity contribution in [1.82, 2.24) is 10.6 Å². The van der Waals surface area contributed by atoms with Crippen LogP contribution in [-0.2, 0) is 11.3 Å². The highest BCUT2D eigenvalue weighted by Crippen LogP contribution is 2.30. The monoisotopic (exact) mass is 404 g/mol. The average molecular weight is 405 g/mol. The van der Waals surface area contributed by atoms with Gasteiger partial charge in [-0.1, -0.05) is 6.92 Å². The first kappa shape index (κ1) is 20.7. The maximum absolute atomic E-state index is 13.7. The fraction of sp³-hybridized carbons (Fsp3) is 0.588. The highest BCUT2D eigenvalue weighted by Gasteiger charge is 2.18. The van der Waals surface area contributed by atoms with Gasteiger partial charge in [0.1, 0.15) is 23.3 Å². The van der Waals surface area contributed by atoms with Crippen LogP contribution in [0.15, 0.2) is 16.6 Å². The number of ether oxygens (including phenoxy) is 2. The molecule has 0 saturated carbocycles. The van der Waals surface area contributed by atoms with Gasteiger partial charge < -0.3 is 20.1 Å². The molecule has 24 heavy (non-hydrogen) atoms. The van der Waals surface area contributed by atoms with Crippen molar-refractivity contribution >= 4 is 22.0 Å². The van der Waals surface area contributed by atoms with Gasteiger partial charge in [0.2, 0.25) is 0 Å². The predicted octanol–water partition coefficient (Wildman–Crippen LogP) is 3.99. The van der Waals surface area contributed by atoms with Gasteiger partial charge in [0.25, 0.3) is 0 Å². The minimum atomic E-state index is -0.547. The molecule has 0 saturated heterocycles. The van der Waals surface area contributed by atoms with Crippen molar-refractivity contribution in [1.29, 1.82) is 0 Å². The molecule has 0 fully saturated rings. The molecule has 1 rings (SSSR count). The third-order valence-electron chi connectivity index (χ3n) is 2.97. The van der Waals surface area contributed by atoms with Crippen LogP contribution in [0.25, 0.3) is 0 Å². The van der Waals surface area contributed by atoms with E-state index in [-0.39, 0.29) is 18.5 Å². The van der Waals surface area contributed by atoms with Crippen molar-refractivity contribution in [2.24, 2.45) is 0 Å². The predicted molar refractivity (Wildman–Crippen MR) is 95.8 cm³/mol. The first-order valence-corrected chi connectivity index (χ1v) is 8.74. The zero-order valence-corrected chi connectivity index (χ0v) is 16.4. The summed E-state index contributed by atoms with van der Waals surface area (Å²) in [7, 11) is 0. The molecule has 0 aliphatic rings. The third-order valence-corrected chi connectivity index (χ3v) is 3.82. The lowest BCUT2D eigenvalue weighted by atomic mass is 10.2. The van der Waals surface area contributed by atoms with Crippen LogP contribution in [0.5, 0.6) is 5.75 Å². The highest BCUT2D eigenvalue weighted by molar-refractivity contribution is 9.10. The number of alkyl carbamates (subject to hydrolysis) is 1. The number of amides is 1. The van der Waals surface area contributed by atoms with Crippen molar-refractivity contribution in [2.45, 2.75) is 52.9 Å². The molecule has 1 unspecified atom stereocenters. The maximum Gasteiger partial charge on any atom is 0.407 e. The largest absolute Gasteiger partial charge is 0.489 e. The number of carbonyl (C=O) groups is 1. The Labute approximate surface area is 151 Å². The van der Waals surface area contributed by atoms with E-state index in [4.69, 9.17) is 9.47 Å². The zero-order valence-electron chi connectivity index (χ0n) is 14.8. The fourth-order valence-corrected chi connectivity index (χ4v) is 2.37. The van der Waals surface area contributed by atoms with Crippen molar-refractivity contribution in [2.75, 3.05) is 13.1 Å². The molecular weight excluding hydrogens is 379 g/mol. The fourth-order valence-electron chi connectivity index (χ4n) is 1.90. The van der Waals surface area contributed by atoms with Gasteiger partial charge in [-0.3, -0.25) is 0 Å². The first-order chi connectivity index (χ1) is 11.1.